The van der Waals surface area contributed by atoms with Gasteiger partial charge in [0.25, 0.3) is 5.91 Å². The Labute approximate surface area is 196 Å². The van der Waals surface area contributed by atoms with Crippen molar-refractivity contribution in [1.82, 2.24) is 0 Å². The van der Waals surface area contributed by atoms with Crippen LogP contribution >= 0.6 is 11.8 Å². The Morgan fingerprint density at radius 2 is 1.73 bits per heavy atom. The highest BCUT2D eigenvalue weighted by Crippen LogP contribution is 2.56. The van der Waals surface area contributed by atoms with Crippen LogP contribution in [0.1, 0.15) is 24.5 Å². The summed E-state index contributed by atoms with van der Waals surface area (Å²) < 4.78 is 19.1. The first-order chi connectivity index (χ1) is 16.0. The number of thioether (sulfide) groups is 1. The summed E-state index contributed by atoms with van der Waals surface area (Å²) in [6.07, 6.45) is 0.904. The molecule has 2 aliphatic heterocycles. The maximum absolute atomic E-state index is 14.0. The van der Waals surface area contributed by atoms with Crippen LogP contribution in [-0.2, 0) is 21.0 Å². The molecule has 0 radical (unpaired) electrons. The summed E-state index contributed by atoms with van der Waals surface area (Å²) in [5, 5.41) is 0. The molecule has 0 aromatic heterocycles. The Morgan fingerprint density at radius 3 is 2.45 bits per heavy atom. The normalized spacial score (nSPS) is 19.5. The molecule has 168 valence electrons. The summed E-state index contributed by atoms with van der Waals surface area (Å²) in [7, 11) is 0. The number of hydrogen-bond donors (Lipinski definition) is 0. The van der Waals surface area contributed by atoms with Crippen LogP contribution in [0.15, 0.2) is 72.8 Å². The van der Waals surface area contributed by atoms with Crippen LogP contribution in [0.2, 0.25) is 0 Å². The molecule has 0 bridgehead atoms. The van der Waals surface area contributed by atoms with Gasteiger partial charge in [0.2, 0.25) is 10.8 Å². The van der Waals surface area contributed by atoms with E-state index in [1.165, 1.54) is 23.9 Å². The highest BCUT2D eigenvalue weighted by atomic mass is 32.2. The number of hydrogen-bond acceptors (Lipinski definition) is 4. The minimum atomic E-state index is -1.17. The van der Waals surface area contributed by atoms with Crippen LogP contribution in [0.25, 0.3) is 0 Å². The number of benzene rings is 3. The molecule has 5 nitrogen and oxygen atoms in total. The largest absolute Gasteiger partial charge is 0.494 e. The van der Waals surface area contributed by atoms with Crippen LogP contribution in [0.4, 0.5) is 15.8 Å². The van der Waals surface area contributed by atoms with Gasteiger partial charge < -0.3 is 9.64 Å². The van der Waals surface area contributed by atoms with Gasteiger partial charge in [0.05, 0.1) is 24.6 Å². The first-order valence-electron chi connectivity index (χ1n) is 10.9. The summed E-state index contributed by atoms with van der Waals surface area (Å²) in [5.41, 5.74) is 3.02. The minimum Gasteiger partial charge on any atom is -0.494 e. The summed E-state index contributed by atoms with van der Waals surface area (Å²) in [5.74, 6) is 0.325. The number of amides is 2. The predicted molar refractivity (Wildman–Crippen MR) is 128 cm³/mol. The molecule has 7 heteroatoms. The maximum atomic E-state index is 14.0. The van der Waals surface area contributed by atoms with E-state index in [4.69, 9.17) is 4.74 Å². The molecule has 1 fully saturated rings. The smallest absolute Gasteiger partial charge is 0.269 e. The van der Waals surface area contributed by atoms with E-state index in [9.17, 15) is 14.0 Å². The Bertz CT molecular complexity index is 1200. The zero-order valence-electron chi connectivity index (χ0n) is 18.2. The second-order valence-corrected chi connectivity index (χ2v) is 9.21. The molecule has 2 aliphatic rings. The number of carbonyl (C=O) groups excluding carboxylic acids is 2. The van der Waals surface area contributed by atoms with E-state index in [1.54, 1.807) is 21.9 Å². The highest BCUT2D eigenvalue weighted by Gasteiger charge is 2.60. The summed E-state index contributed by atoms with van der Waals surface area (Å²) in [6.45, 7) is 2.95. The van der Waals surface area contributed by atoms with Gasteiger partial charge in [-0.2, -0.15) is 0 Å². The fourth-order valence-electron chi connectivity index (χ4n) is 4.40. The number of para-hydroxylation sites is 1. The molecule has 0 aliphatic carbocycles. The van der Waals surface area contributed by atoms with Gasteiger partial charge in [0, 0.05) is 11.3 Å². The van der Waals surface area contributed by atoms with Crippen LogP contribution in [0.3, 0.4) is 0 Å². The van der Waals surface area contributed by atoms with Crippen LogP contribution in [0, 0.1) is 5.82 Å². The van der Waals surface area contributed by atoms with Gasteiger partial charge in [-0.15, -0.1) is 11.8 Å². The number of anilines is 2. The van der Waals surface area contributed by atoms with Crippen molar-refractivity contribution in [3.63, 3.8) is 0 Å². The third-order valence-electron chi connectivity index (χ3n) is 5.89. The fraction of sp³-hybridized carbons (Fsp3) is 0.231. The van der Waals surface area contributed by atoms with E-state index in [1.807, 2.05) is 55.5 Å². The lowest BCUT2D eigenvalue weighted by Crippen LogP contribution is -2.49. The van der Waals surface area contributed by atoms with Crippen LogP contribution in [-0.4, -0.2) is 24.2 Å². The first kappa shape index (κ1) is 21.5. The molecular weight excluding hydrogens is 439 g/mol. The molecule has 1 atom stereocenters. The number of ether oxygens (including phenoxy) is 1. The van der Waals surface area contributed by atoms with Crippen molar-refractivity contribution < 1.29 is 18.7 Å². The monoisotopic (exact) mass is 462 g/mol. The van der Waals surface area contributed by atoms with Gasteiger partial charge in [-0.1, -0.05) is 37.3 Å². The number of halogens is 1. The topological polar surface area (TPSA) is 49.9 Å². The lowest BCUT2D eigenvalue weighted by Gasteiger charge is -2.33. The molecule has 0 N–H and O–H groups in total. The van der Waals surface area contributed by atoms with Crippen molar-refractivity contribution in [3.8, 4) is 5.75 Å². The Hall–Kier alpha value is -3.32. The molecule has 2 amide bonds. The van der Waals surface area contributed by atoms with Gasteiger partial charge in [-0.05, 0) is 54.4 Å². The lowest BCUT2D eigenvalue weighted by molar-refractivity contribution is -0.123. The standard InChI is InChI=1S/C26H23FN2O3S/c1-2-15-32-21-13-11-20(12-14-21)29-24(30)17-33-26(29)22-5-3-4-6-23(22)28(25(26)31)16-18-7-9-19(27)10-8-18/h3-14H,2,15-17H2,1H3/t26-/m0/s1. The van der Waals surface area contributed by atoms with E-state index in [2.05, 4.69) is 0 Å². The van der Waals surface area contributed by atoms with Crippen molar-refractivity contribution in [2.75, 3.05) is 22.2 Å². The summed E-state index contributed by atoms with van der Waals surface area (Å²) in [4.78, 5) is 29.3. The molecule has 33 heavy (non-hydrogen) atoms. The molecule has 0 saturated carbocycles. The third kappa shape index (κ3) is 3.56. The third-order valence-corrected chi connectivity index (χ3v) is 7.27. The lowest BCUT2D eigenvalue weighted by atomic mass is 10.0. The number of nitrogens with zero attached hydrogens (tertiary/aromatic N) is 2. The Balaban J connectivity index is 1.55. The van der Waals surface area contributed by atoms with Crippen LogP contribution in [0.5, 0.6) is 5.75 Å². The number of rotatable bonds is 6. The van der Waals surface area contributed by atoms with Gasteiger partial charge in [-0.25, -0.2) is 4.39 Å². The Morgan fingerprint density at radius 1 is 1.00 bits per heavy atom. The molecule has 0 unspecified atom stereocenters. The van der Waals surface area contributed by atoms with E-state index in [-0.39, 0.29) is 23.4 Å². The SMILES string of the molecule is CCCOc1ccc(N2C(=O)CS[C@@]23C(=O)N(Cc2ccc(F)cc2)c2ccccc23)cc1. The zero-order valence-corrected chi connectivity index (χ0v) is 19.0. The van der Waals surface area contributed by atoms with Crippen molar-refractivity contribution in [2.45, 2.75) is 24.8 Å². The van der Waals surface area contributed by atoms with E-state index < -0.39 is 4.87 Å². The average Bonchev–Trinajstić information content (AvgIpc) is 3.30. The maximum Gasteiger partial charge on any atom is 0.269 e. The number of fused-ring (bicyclic) bond motifs is 2. The zero-order chi connectivity index (χ0) is 23.0. The van der Waals surface area contributed by atoms with Gasteiger partial charge in [-0.3, -0.25) is 14.5 Å². The second kappa shape index (κ2) is 8.56. The van der Waals surface area contributed by atoms with Crippen molar-refractivity contribution in [3.05, 3.63) is 89.7 Å². The summed E-state index contributed by atoms with van der Waals surface area (Å²) >= 11 is 1.34. The van der Waals surface area contributed by atoms with Crippen molar-refractivity contribution in [1.29, 1.82) is 0 Å². The van der Waals surface area contributed by atoms with Gasteiger partial charge in [0.1, 0.15) is 11.6 Å². The fourth-order valence-corrected chi connectivity index (χ4v) is 5.76. The minimum absolute atomic E-state index is 0.117. The Kier molecular flexibility index (Phi) is 5.58. The summed E-state index contributed by atoms with van der Waals surface area (Å²) in [6, 6.07) is 21.0. The van der Waals surface area contributed by atoms with E-state index in [0.29, 0.717) is 18.8 Å². The second-order valence-electron chi connectivity index (χ2n) is 8.04. The molecular formula is C26H23FN2O3S. The molecule has 5 rings (SSSR count). The van der Waals surface area contributed by atoms with E-state index >= 15 is 0 Å². The molecule has 1 saturated heterocycles. The van der Waals surface area contributed by atoms with Gasteiger partial charge in [0.15, 0.2) is 0 Å². The van der Waals surface area contributed by atoms with Crippen LogP contribution < -0.4 is 14.5 Å². The highest BCUT2D eigenvalue weighted by molar-refractivity contribution is 8.02. The van der Waals surface area contributed by atoms with Crippen molar-refractivity contribution >= 4 is 35.0 Å². The number of carbonyl (C=O) groups is 2. The van der Waals surface area contributed by atoms with E-state index in [0.717, 1.165) is 29.0 Å². The van der Waals surface area contributed by atoms with Gasteiger partial charge >= 0.3 is 0 Å². The molecule has 1 spiro atoms. The molecule has 3 aromatic carbocycles. The average molecular weight is 463 g/mol. The molecule has 3 aromatic rings. The first-order valence-corrected chi connectivity index (χ1v) is 11.9. The molecule has 2 heterocycles. The quantitative estimate of drug-likeness (QED) is 0.512. The van der Waals surface area contributed by atoms with Crippen molar-refractivity contribution in [2.24, 2.45) is 0 Å². The predicted octanol–water partition coefficient (Wildman–Crippen LogP) is 5.09.